The molecule has 1 N–H and O–H groups in total. The van der Waals surface area contributed by atoms with E-state index in [9.17, 15) is 9.59 Å². The van der Waals surface area contributed by atoms with Crippen molar-refractivity contribution in [2.24, 2.45) is 5.92 Å². The molecule has 170 valence electrons. The Morgan fingerprint density at radius 2 is 1.84 bits per heavy atom. The summed E-state index contributed by atoms with van der Waals surface area (Å²) in [5, 5.41) is 3.16. The number of nitrogens with zero attached hydrogens (tertiary/aromatic N) is 2. The van der Waals surface area contributed by atoms with Crippen molar-refractivity contribution in [2.75, 3.05) is 38.2 Å². The molecule has 0 aliphatic carbocycles. The van der Waals surface area contributed by atoms with Crippen molar-refractivity contribution < 1.29 is 14.3 Å². The zero-order valence-corrected chi connectivity index (χ0v) is 19.0. The molecule has 4 rings (SSSR count). The molecule has 32 heavy (non-hydrogen) atoms. The van der Waals surface area contributed by atoms with E-state index in [0.717, 1.165) is 42.1 Å². The molecule has 0 bridgehead atoms. The number of rotatable bonds is 8. The van der Waals surface area contributed by atoms with Crippen molar-refractivity contribution in [3.8, 4) is 5.75 Å². The number of para-hydroxylation sites is 2. The van der Waals surface area contributed by atoms with Gasteiger partial charge in [-0.2, -0.15) is 0 Å². The quantitative estimate of drug-likeness (QED) is 0.689. The van der Waals surface area contributed by atoms with Crippen molar-refractivity contribution >= 4 is 17.5 Å². The van der Waals surface area contributed by atoms with Crippen molar-refractivity contribution in [1.29, 1.82) is 0 Å². The van der Waals surface area contributed by atoms with Gasteiger partial charge in [0.05, 0.1) is 19.1 Å². The average Bonchev–Trinajstić information content (AvgIpc) is 3.49. The van der Waals surface area contributed by atoms with E-state index in [0.29, 0.717) is 13.1 Å². The number of aryl methyl sites for hydroxylation is 1. The fourth-order valence-corrected chi connectivity index (χ4v) is 4.96. The zero-order valence-electron chi connectivity index (χ0n) is 19.0. The smallest absolute Gasteiger partial charge is 0.227 e. The van der Waals surface area contributed by atoms with Crippen LogP contribution in [0.5, 0.6) is 5.75 Å². The Labute approximate surface area is 190 Å². The number of benzene rings is 2. The van der Waals surface area contributed by atoms with Gasteiger partial charge in [-0.25, -0.2) is 0 Å². The first-order chi connectivity index (χ1) is 15.6. The highest BCUT2D eigenvalue weighted by molar-refractivity contribution is 6.00. The molecule has 6 heteroatoms. The second-order valence-corrected chi connectivity index (χ2v) is 8.63. The monoisotopic (exact) mass is 435 g/mol. The van der Waals surface area contributed by atoms with E-state index in [4.69, 9.17) is 4.74 Å². The number of hydrogen-bond acceptors (Lipinski definition) is 4. The third kappa shape index (κ3) is 4.65. The fourth-order valence-electron chi connectivity index (χ4n) is 4.96. The lowest BCUT2D eigenvalue weighted by Crippen LogP contribution is -2.40. The molecule has 2 amide bonds. The highest BCUT2D eigenvalue weighted by Gasteiger charge is 2.36. The highest BCUT2D eigenvalue weighted by Crippen LogP contribution is 2.32. The van der Waals surface area contributed by atoms with Gasteiger partial charge in [-0.3, -0.25) is 14.5 Å². The van der Waals surface area contributed by atoms with Crippen LogP contribution in [-0.2, 0) is 16.0 Å². The number of amides is 2. The molecule has 2 aliphatic heterocycles. The van der Waals surface area contributed by atoms with E-state index in [1.54, 1.807) is 12.0 Å². The number of methoxy groups -OCH3 is 1. The Balaban J connectivity index is 1.45. The van der Waals surface area contributed by atoms with Gasteiger partial charge in [-0.15, -0.1) is 0 Å². The van der Waals surface area contributed by atoms with Crippen molar-refractivity contribution in [1.82, 2.24) is 10.2 Å². The standard InChI is InChI=1S/C26H33N3O3/c1-3-19-10-4-6-12-22(19)29-18-20(16-25(29)30)26(31)27-17-23(28-14-8-9-15-28)21-11-5-7-13-24(21)32-2/h4-7,10-13,20,23H,3,8-9,14-18H2,1-2H3,(H,27,31). The molecule has 0 radical (unpaired) electrons. The van der Waals surface area contributed by atoms with Crippen LogP contribution in [0.2, 0.25) is 0 Å². The van der Waals surface area contributed by atoms with Crippen molar-refractivity contribution in [2.45, 2.75) is 38.6 Å². The molecule has 2 aliphatic rings. The normalized spacial score (nSPS) is 19.9. The van der Waals surface area contributed by atoms with Crippen LogP contribution in [0.25, 0.3) is 0 Å². The Morgan fingerprint density at radius 1 is 1.12 bits per heavy atom. The van der Waals surface area contributed by atoms with E-state index in [1.807, 2.05) is 42.5 Å². The molecular formula is C26H33N3O3. The molecule has 0 spiro atoms. The molecule has 0 aromatic heterocycles. The van der Waals surface area contributed by atoms with Gasteiger partial charge >= 0.3 is 0 Å². The topological polar surface area (TPSA) is 61.9 Å². The largest absolute Gasteiger partial charge is 0.496 e. The van der Waals surface area contributed by atoms with Gasteiger partial charge in [-0.1, -0.05) is 43.3 Å². The molecule has 2 aromatic carbocycles. The zero-order chi connectivity index (χ0) is 22.5. The van der Waals surface area contributed by atoms with Crippen LogP contribution in [0.4, 0.5) is 5.69 Å². The molecular weight excluding hydrogens is 402 g/mol. The summed E-state index contributed by atoms with van der Waals surface area (Å²) in [6.45, 7) is 5.06. The molecule has 0 saturated carbocycles. The average molecular weight is 436 g/mol. The number of carbonyl (C=O) groups excluding carboxylic acids is 2. The Morgan fingerprint density at radius 3 is 2.59 bits per heavy atom. The maximum absolute atomic E-state index is 13.1. The molecule has 6 nitrogen and oxygen atoms in total. The SMILES string of the molecule is CCc1ccccc1N1CC(C(=O)NCC(c2ccccc2OC)N2CCCC2)CC1=O. The number of hydrogen-bond donors (Lipinski definition) is 1. The second-order valence-electron chi connectivity index (χ2n) is 8.63. The lowest BCUT2D eigenvalue weighted by atomic mass is 10.0. The first kappa shape index (κ1) is 22.3. The van der Waals surface area contributed by atoms with Crippen LogP contribution in [0.15, 0.2) is 48.5 Å². The molecule has 2 fully saturated rings. The summed E-state index contributed by atoms with van der Waals surface area (Å²) in [6, 6.07) is 16.1. The van der Waals surface area contributed by atoms with Gasteiger partial charge in [0.2, 0.25) is 11.8 Å². The van der Waals surface area contributed by atoms with E-state index >= 15 is 0 Å². The van der Waals surface area contributed by atoms with Crippen LogP contribution in [0.3, 0.4) is 0 Å². The number of nitrogens with one attached hydrogen (secondary N) is 1. The third-order valence-corrected chi connectivity index (χ3v) is 6.71. The van der Waals surface area contributed by atoms with Gasteiger partial charge in [0.1, 0.15) is 5.75 Å². The van der Waals surface area contributed by atoms with Crippen LogP contribution in [0, 0.1) is 5.92 Å². The fraction of sp³-hybridized carbons (Fsp3) is 0.462. The van der Waals surface area contributed by atoms with Crippen molar-refractivity contribution in [3.63, 3.8) is 0 Å². The first-order valence-electron chi connectivity index (χ1n) is 11.6. The Kier molecular flexibility index (Phi) is 7.10. The molecule has 2 saturated heterocycles. The summed E-state index contributed by atoms with van der Waals surface area (Å²) in [5.41, 5.74) is 3.16. The molecule has 2 unspecified atom stereocenters. The maximum Gasteiger partial charge on any atom is 0.227 e. The van der Waals surface area contributed by atoms with Crippen LogP contribution in [0.1, 0.15) is 43.4 Å². The summed E-state index contributed by atoms with van der Waals surface area (Å²) in [5.74, 6) is 0.488. The van der Waals surface area contributed by atoms with E-state index in [2.05, 4.69) is 23.2 Å². The van der Waals surface area contributed by atoms with Gasteiger partial charge in [0.15, 0.2) is 0 Å². The number of likely N-dealkylation sites (tertiary alicyclic amines) is 1. The number of carbonyl (C=O) groups is 2. The summed E-state index contributed by atoms with van der Waals surface area (Å²) >= 11 is 0. The number of anilines is 1. The van der Waals surface area contributed by atoms with Gasteiger partial charge < -0.3 is 15.0 Å². The lowest BCUT2D eigenvalue weighted by molar-refractivity contribution is -0.126. The van der Waals surface area contributed by atoms with Crippen molar-refractivity contribution in [3.05, 3.63) is 59.7 Å². The Bertz CT molecular complexity index is 955. The van der Waals surface area contributed by atoms with Gasteiger partial charge in [0.25, 0.3) is 0 Å². The molecule has 2 aromatic rings. The van der Waals surface area contributed by atoms with E-state index in [-0.39, 0.29) is 30.2 Å². The minimum absolute atomic E-state index is 0.0203. The van der Waals surface area contributed by atoms with Gasteiger partial charge in [0, 0.05) is 30.8 Å². The third-order valence-electron chi connectivity index (χ3n) is 6.71. The summed E-state index contributed by atoms with van der Waals surface area (Å²) in [4.78, 5) is 30.0. The van der Waals surface area contributed by atoms with Crippen LogP contribution >= 0.6 is 0 Å². The number of ether oxygens (including phenoxy) is 1. The highest BCUT2D eigenvalue weighted by atomic mass is 16.5. The first-order valence-corrected chi connectivity index (χ1v) is 11.6. The minimum Gasteiger partial charge on any atom is -0.496 e. The lowest BCUT2D eigenvalue weighted by Gasteiger charge is -2.29. The summed E-state index contributed by atoms with van der Waals surface area (Å²) in [7, 11) is 1.69. The Hall–Kier alpha value is -2.86. The predicted molar refractivity (Wildman–Crippen MR) is 126 cm³/mol. The van der Waals surface area contributed by atoms with E-state index in [1.165, 1.54) is 12.8 Å². The summed E-state index contributed by atoms with van der Waals surface area (Å²) in [6.07, 6.45) is 3.45. The minimum atomic E-state index is -0.329. The summed E-state index contributed by atoms with van der Waals surface area (Å²) < 4.78 is 5.60. The van der Waals surface area contributed by atoms with Crippen LogP contribution in [-0.4, -0.2) is 50.0 Å². The molecule has 2 heterocycles. The van der Waals surface area contributed by atoms with Gasteiger partial charge in [-0.05, 0) is 50.0 Å². The van der Waals surface area contributed by atoms with Crippen LogP contribution < -0.4 is 15.0 Å². The predicted octanol–water partition coefficient (Wildman–Crippen LogP) is 3.56. The molecule has 2 atom stereocenters. The second kappa shape index (κ2) is 10.2. The maximum atomic E-state index is 13.1. The van der Waals surface area contributed by atoms with E-state index < -0.39 is 0 Å².